The smallest absolute Gasteiger partial charge is 0.126 e. The predicted octanol–water partition coefficient (Wildman–Crippen LogP) is 20.9. The summed E-state index contributed by atoms with van der Waals surface area (Å²) in [6.07, 6.45) is 25.5. The average molecular weight is 1400 g/mol. The molecule has 0 aliphatic carbocycles. The lowest BCUT2D eigenvalue weighted by Gasteiger charge is -2.31. The topological polar surface area (TPSA) is 184 Å². The molecular weight excluding hydrogens is 1240 g/mol. The Morgan fingerprint density at radius 2 is 0.360 bits per heavy atom. The molecule has 0 bridgehead atoms. The summed E-state index contributed by atoms with van der Waals surface area (Å²) in [7, 11) is -11.2. The normalized spacial score (nSPS) is 13.4. The summed E-state index contributed by atoms with van der Waals surface area (Å²) in [5.74, 6) is 2.71. The molecule has 0 spiro atoms. The van der Waals surface area contributed by atoms with Crippen molar-refractivity contribution in [3.05, 3.63) is 18.2 Å². The third-order valence-electron chi connectivity index (χ3n) is 21.8. The van der Waals surface area contributed by atoms with Crippen molar-refractivity contribution in [1.82, 2.24) is 0 Å². The molecular formula is C71H160N6O3Si9. The fraction of sp³-hybridized carbons (Fsp3) is 0.915. The third kappa shape index (κ3) is 46.2. The lowest BCUT2D eigenvalue weighted by Crippen LogP contribution is -2.33. The fourth-order valence-corrected chi connectivity index (χ4v) is 44.1. The first-order valence-electron chi connectivity index (χ1n) is 38.1. The van der Waals surface area contributed by atoms with Crippen LogP contribution in [0.2, 0.25) is 225 Å². The highest BCUT2D eigenvalue weighted by Crippen LogP contribution is 2.37. The van der Waals surface area contributed by atoms with Gasteiger partial charge in [0.1, 0.15) is 17.2 Å². The molecule has 0 aliphatic heterocycles. The molecule has 0 saturated carbocycles. The van der Waals surface area contributed by atoms with E-state index in [9.17, 15) is 0 Å². The summed E-state index contributed by atoms with van der Waals surface area (Å²) in [6, 6.07) is 36.8. The molecule has 0 unspecified atom stereocenters. The van der Waals surface area contributed by atoms with E-state index in [1.165, 1.54) is 236 Å². The highest BCUT2D eigenvalue weighted by atomic mass is 28.3. The molecule has 1 aromatic carbocycles. The third-order valence-corrected chi connectivity index (χ3v) is 56.4. The minimum Gasteiger partial charge on any atom is -0.493 e. The number of benzene rings is 1. The van der Waals surface area contributed by atoms with Crippen LogP contribution in [0.5, 0.6) is 17.2 Å². The second-order valence-electron chi connectivity index (χ2n) is 35.2. The molecule has 0 amide bonds. The van der Waals surface area contributed by atoms with Gasteiger partial charge in [0.15, 0.2) is 0 Å². The van der Waals surface area contributed by atoms with Crippen molar-refractivity contribution >= 4 is 72.7 Å². The summed E-state index contributed by atoms with van der Waals surface area (Å²) in [6.45, 7) is 46.9. The van der Waals surface area contributed by atoms with E-state index in [0.29, 0.717) is 0 Å². The SMILES string of the molecule is C[Si](C)(CCCN)CCC[Si](C)(CCCCCCOc1cc(OCCCC[Si](C)(CCC[Si](C)(C)CCCN)CCC[Si](C)(C)CCCN)cc(OCCCC[Si](C)(CCC[Si](C)(C)CCCN)CCC[Si](C)(C)CCCN)c1)CCC[Si](C)(C)CCCN. The monoisotopic (exact) mass is 1400 g/mol. The maximum absolute atomic E-state index is 6.73. The maximum Gasteiger partial charge on any atom is 0.126 e. The Balaban J connectivity index is 3.24. The molecule has 0 saturated heterocycles. The summed E-state index contributed by atoms with van der Waals surface area (Å²) in [5, 5.41) is 0. The van der Waals surface area contributed by atoms with Gasteiger partial charge in [0.05, 0.1) is 44.0 Å². The van der Waals surface area contributed by atoms with Gasteiger partial charge in [-0.2, -0.15) is 0 Å². The van der Waals surface area contributed by atoms with Crippen molar-refractivity contribution < 1.29 is 14.2 Å². The molecule has 89 heavy (non-hydrogen) atoms. The molecule has 18 heteroatoms. The highest BCUT2D eigenvalue weighted by molar-refractivity contribution is 6.82. The number of nitrogens with two attached hydrogens (primary N) is 6. The number of hydrogen-bond acceptors (Lipinski definition) is 9. The summed E-state index contributed by atoms with van der Waals surface area (Å²) in [4.78, 5) is 0. The Bertz CT molecular complexity index is 1730. The number of ether oxygens (including phenoxy) is 3. The van der Waals surface area contributed by atoms with Gasteiger partial charge < -0.3 is 48.6 Å². The lowest BCUT2D eigenvalue weighted by atomic mass is 10.2. The molecule has 0 fully saturated rings. The Kier molecular flexibility index (Phi) is 46.4. The van der Waals surface area contributed by atoms with Gasteiger partial charge in [-0.05, 0) is 97.1 Å². The van der Waals surface area contributed by atoms with Gasteiger partial charge in [0, 0.05) is 66.6 Å². The zero-order chi connectivity index (χ0) is 66.8. The molecule has 1 aromatic rings. The first-order valence-corrected chi connectivity index (χ1v) is 67.9. The quantitative estimate of drug-likeness (QED) is 0.0273. The van der Waals surface area contributed by atoms with Crippen molar-refractivity contribution in [2.45, 2.75) is 354 Å². The zero-order valence-electron chi connectivity index (χ0n) is 62.8. The Labute approximate surface area is 565 Å². The first kappa shape index (κ1) is 87.3. The van der Waals surface area contributed by atoms with Crippen molar-refractivity contribution in [2.75, 3.05) is 59.1 Å². The van der Waals surface area contributed by atoms with Gasteiger partial charge in [-0.15, -0.1) is 0 Å². The Hall–Kier alpha value is 0.332. The van der Waals surface area contributed by atoms with Gasteiger partial charge in [-0.1, -0.05) is 296 Å². The highest BCUT2D eigenvalue weighted by Gasteiger charge is 2.33. The van der Waals surface area contributed by atoms with Crippen LogP contribution < -0.4 is 48.6 Å². The van der Waals surface area contributed by atoms with Gasteiger partial charge >= 0.3 is 0 Å². The van der Waals surface area contributed by atoms with Crippen LogP contribution in [0.15, 0.2) is 18.2 Å². The summed E-state index contributed by atoms with van der Waals surface area (Å²) in [5.41, 5.74) is 35.9. The molecule has 1 rings (SSSR count). The maximum atomic E-state index is 6.73. The van der Waals surface area contributed by atoms with Crippen molar-refractivity contribution in [3.8, 4) is 17.2 Å². The van der Waals surface area contributed by atoms with E-state index in [2.05, 4.69) is 116 Å². The van der Waals surface area contributed by atoms with E-state index in [1.54, 1.807) is 0 Å². The summed E-state index contributed by atoms with van der Waals surface area (Å²) >= 11 is 0. The van der Waals surface area contributed by atoms with Gasteiger partial charge in [0.2, 0.25) is 0 Å². The van der Waals surface area contributed by atoms with Crippen LogP contribution in [-0.2, 0) is 0 Å². The summed E-state index contributed by atoms with van der Waals surface area (Å²) < 4.78 is 20.1. The van der Waals surface area contributed by atoms with E-state index < -0.39 is 72.7 Å². The minimum atomic E-state index is -1.40. The first-order chi connectivity index (χ1) is 41.8. The molecule has 9 nitrogen and oxygen atoms in total. The molecule has 12 N–H and O–H groups in total. The number of hydrogen-bond donors (Lipinski definition) is 6. The molecule has 0 heterocycles. The predicted molar refractivity (Wildman–Crippen MR) is 430 cm³/mol. The Morgan fingerprint density at radius 3 is 0.562 bits per heavy atom. The van der Waals surface area contributed by atoms with E-state index >= 15 is 0 Å². The fourth-order valence-electron chi connectivity index (χ4n) is 15.0. The van der Waals surface area contributed by atoms with Crippen LogP contribution in [-0.4, -0.2) is 132 Å². The Morgan fingerprint density at radius 1 is 0.202 bits per heavy atom. The molecule has 0 radical (unpaired) electrons. The van der Waals surface area contributed by atoms with Gasteiger partial charge in [0.25, 0.3) is 0 Å². The molecule has 0 aliphatic rings. The van der Waals surface area contributed by atoms with Gasteiger partial charge in [-0.3, -0.25) is 0 Å². The largest absolute Gasteiger partial charge is 0.493 e. The second-order valence-corrected chi connectivity index (χ2v) is 82.5. The van der Waals surface area contributed by atoms with Crippen molar-refractivity contribution in [1.29, 1.82) is 0 Å². The number of rotatable bonds is 62. The lowest BCUT2D eigenvalue weighted by molar-refractivity contribution is 0.278. The van der Waals surface area contributed by atoms with Crippen LogP contribution in [0.25, 0.3) is 0 Å². The average Bonchev–Trinajstić information content (AvgIpc) is 2.74. The van der Waals surface area contributed by atoms with Gasteiger partial charge in [-0.25, -0.2) is 0 Å². The van der Waals surface area contributed by atoms with E-state index in [4.69, 9.17) is 48.6 Å². The van der Waals surface area contributed by atoms with E-state index in [1.807, 2.05) is 0 Å². The number of unbranched alkanes of at least 4 members (excludes halogenated alkanes) is 5. The molecule has 0 atom stereocenters. The van der Waals surface area contributed by atoms with Crippen LogP contribution in [0, 0.1) is 0 Å². The van der Waals surface area contributed by atoms with Crippen LogP contribution in [0.1, 0.15) is 128 Å². The van der Waals surface area contributed by atoms with E-state index in [-0.39, 0.29) is 0 Å². The van der Waals surface area contributed by atoms with Crippen LogP contribution in [0.3, 0.4) is 0 Å². The van der Waals surface area contributed by atoms with E-state index in [0.717, 1.165) is 95.6 Å². The molecule has 0 aromatic heterocycles. The zero-order valence-corrected chi connectivity index (χ0v) is 71.8. The molecule has 528 valence electrons. The van der Waals surface area contributed by atoms with Crippen molar-refractivity contribution in [3.63, 3.8) is 0 Å². The standard InChI is InChI=1S/C71H160N6O3Si9/c1-81(2,45-24-36-72)51-30-60-87(13,61-31-52-82(3,4)46-25-37-73)57-21-17-16-18-42-78-69-66-70(79-43-19-22-58-88(14,62-32-53-83(5,6)47-26-38-74)63-33-54-84(7,8)48-27-39-75)68-71(67-69)80-44-20-23-59-89(15,64-34-55-85(9,10)49-28-40-76)65-35-56-86(11,12)50-29-41-77/h66-68H,16-65,72-77H2,1-15H3. The van der Waals surface area contributed by atoms with Crippen LogP contribution >= 0.6 is 0 Å². The van der Waals surface area contributed by atoms with Crippen molar-refractivity contribution in [2.24, 2.45) is 34.4 Å². The second kappa shape index (κ2) is 47.3. The minimum absolute atomic E-state index is 0.744. The van der Waals surface area contributed by atoms with Crippen LogP contribution in [0.4, 0.5) is 0 Å².